The number of unbranched alkanes of at least 4 members (excludes halogenated alkanes) is 2. The third-order valence-corrected chi connectivity index (χ3v) is 4.19. The van der Waals surface area contributed by atoms with Crippen LogP contribution >= 0.6 is 11.6 Å². The van der Waals surface area contributed by atoms with Crippen molar-refractivity contribution in [1.29, 1.82) is 0 Å². The highest BCUT2D eigenvalue weighted by atomic mass is 35.5. The SMILES string of the molecule is CCCCCn1c2c(cc(CCC(=O)Cl)c1=O)CCC2. The lowest BCUT2D eigenvalue weighted by Gasteiger charge is -2.14. The van der Waals surface area contributed by atoms with Crippen LogP contribution in [-0.2, 0) is 30.6 Å². The standard InChI is InChI=1S/C16H22ClNO2/c1-2-3-4-10-18-14-7-5-6-12(14)11-13(16(18)20)8-9-15(17)19/h11H,2-10H2,1H3. The number of aryl methyl sites for hydroxylation is 2. The quantitative estimate of drug-likeness (QED) is 0.572. The normalized spacial score (nSPS) is 13.5. The molecule has 0 saturated heterocycles. The van der Waals surface area contributed by atoms with Gasteiger partial charge < -0.3 is 4.57 Å². The van der Waals surface area contributed by atoms with Crippen molar-refractivity contribution in [3.63, 3.8) is 0 Å². The second kappa shape index (κ2) is 7.07. The first-order valence-corrected chi connectivity index (χ1v) is 7.94. The lowest BCUT2D eigenvalue weighted by Crippen LogP contribution is -2.27. The number of carbonyl (C=O) groups is 1. The minimum Gasteiger partial charge on any atom is -0.312 e. The molecule has 0 amide bonds. The molecule has 110 valence electrons. The summed E-state index contributed by atoms with van der Waals surface area (Å²) in [5.41, 5.74) is 3.33. The number of halogens is 1. The summed E-state index contributed by atoms with van der Waals surface area (Å²) in [6.07, 6.45) is 7.22. The highest BCUT2D eigenvalue weighted by molar-refractivity contribution is 6.63. The van der Waals surface area contributed by atoms with E-state index in [1.807, 2.05) is 10.6 Å². The van der Waals surface area contributed by atoms with Gasteiger partial charge in [-0.25, -0.2) is 0 Å². The molecule has 1 aromatic heterocycles. The van der Waals surface area contributed by atoms with Gasteiger partial charge in [-0.3, -0.25) is 9.59 Å². The van der Waals surface area contributed by atoms with Crippen molar-refractivity contribution in [2.75, 3.05) is 0 Å². The Bertz CT molecular complexity index is 548. The fourth-order valence-electron chi connectivity index (χ4n) is 2.95. The number of hydrogen-bond acceptors (Lipinski definition) is 2. The van der Waals surface area contributed by atoms with Crippen LogP contribution in [0.2, 0.25) is 0 Å². The summed E-state index contributed by atoms with van der Waals surface area (Å²) in [6, 6.07) is 2.00. The van der Waals surface area contributed by atoms with Crippen molar-refractivity contribution >= 4 is 16.8 Å². The number of nitrogens with zero attached hydrogens (tertiary/aromatic N) is 1. The molecule has 2 rings (SSSR count). The zero-order valence-electron chi connectivity index (χ0n) is 12.1. The van der Waals surface area contributed by atoms with Gasteiger partial charge in [-0.2, -0.15) is 0 Å². The fourth-order valence-corrected chi connectivity index (χ4v) is 3.05. The maximum Gasteiger partial charge on any atom is 0.253 e. The van der Waals surface area contributed by atoms with Gasteiger partial charge in [0, 0.05) is 24.2 Å². The Morgan fingerprint density at radius 1 is 1.35 bits per heavy atom. The highest BCUT2D eigenvalue weighted by Crippen LogP contribution is 2.22. The predicted octanol–water partition coefficient (Wildman–Crippen LogP) is 3.23. The van der Waals surface area contributed by atoms with Gasteiger partial charge in [-0.05, 0) is 55.3 Å². The van der Waals surface area contributed by atoms with Crippen molar-refractivity contribution in [2.24, 2.45) is 0 Å². The van der Waals surface area contributed by atoms with Gasteiger partial charge in [0.1, 0.15) is 0 Å². The van der Waals surface area contributed by atoms with Crippen LogP contribution in [0.5, 0.6) is 0 Å². The largest absolute Gasteiger partial charge is 0.312 e. The second-order valence-electron chi connectivity index (χ2n) is 5.51. The third-order valence-electron chi connectivity index (χ3n) is 4.00. The average molecular weight is 296 g/mol. The van der Waals surface area contributed by atoms with E-state index in [0.29, 0.717) is 6.42 Å². The molecule has 20 heavy (non-hydrogen) atoms. The Morgan fingerprint density at radius 3 is 2.85 bits per heavy atom. The van der Waals surface area contributed by atoms with Crippen molar-refractivity contribution in [2.45, 2.75) is 64.8 Å². The van der Waals surface area contributed by atoms with E-state index in [0.717, 1.165) is 50.6 Å². The molecule has 0 radical (unpaired) electrons. The van der Waals surface area contributed by atoms with Crippen LogP contribution in [0.4, 0.5) is 0 Å². The van der Waals surface area contributed by atoms with Crippen LogP contribution < -0.4 is 5.56 Å². The molecular formula is C16H22ClNO2. The molecule has 1 heterocycles. The van der Waals surface area contributed by atoms with E-state index in [1.165, 1.54) is 11.3 Å². The summed E-state index contributed by atoms with van der Waals surface area (Å²) < 4.78 is 1.95. The van der Waals surface area contributed by atoms with Gasteiger partial charge in [0.15, 0.2) is 0 Å². The lowest BCUT2D eigenvalue weighted by atomic mass is 10.1. The van der Waals surface area contributed by atoms with Crippen molar-refractivity contribution in [1.82, 2.24) is 4.57 Å². The van der Waals surface area contributed by atoms with E-state index in [2.05, 4.69) is 6.92 Å². The molecule has 3 nitrogen and oxygen atoms in total. The maximum absolute atomic E-state index is 12.5. The smallest absolute Gasteiger partial charge is 0.253 e. The van der Waals surface area contributed by atoms with Crippen LogP contribution in [-0.4, -0.2) is 9.81 Å². The van der Waals surface area contributed by atoms with Gasteiger partial charge in [0.25, 0.3) is 5.56 Å². The average Bonchev–Trinajstić information content (AvgIpc) is 2.87. The lowest BCUT2D eigenvalue weighted by molar-refractivity contribution is -0.111. The molecule has 0 aromatic carbocycles. The Balaban J connectivity index is 2.28. The van der Waals surface area contributed by atoms with E-state index in [9.17, 15) is 9.59 Å². The topological polar surface area (TPSA) is 39.1 Å². The molecule has 0 bridgehead atoms. The van der Waals surface area contributed by atoms with E-state index in [-0.39, 0.29) is 17.2 Å². The van der Waals surface area contributed by atoms with Crippen LogP contribution in [0, 0.1) is 0 Å². The summed E-state index contributed by atoms with van der Waals surface area (Å²) in [6.45, 7) is 2.97. The minimum absolute atomic E-state index is 0.0830. The number of hydrogen-bond donors (Lipinski definition) is 0. The molecule has 4 heteroatoms. The molecule has 1 aliphatic carbocycles. The van der Waals surface area contributed by atoms with Gasteiger partial charge in [-0.15, -0.1) is 0 Å². The van der Waals surface area contributed by atoms with Crippen molar-refractivity contribution in [3.8, 4) is 0 Å². The molecule has 0 fully saturated rings. The van der Waals surface area contributed by atoms with E-state index < -0.39 is 0 Å². The van der Waals surface area contributed by atoms with Crippen LogP contribution in [0.25, 0.3) is 0 Å². The molecule has 0 spiro atoms. The summed E-state index contributed by atoms with van der Waals surface area (Å²) >= 11 is 5.39. The summed E-state index contributed by atoms with van der Waals surface area (Å²) in [5.74, 6) is 0. The van der Waals surface area contributed by atoms with Crippen LogP contribution in [0.1, 0.15) is 55.8 Å². The Hall–Kier alpha value is -1.09. The van der Waals surface area contributed by atoms with Crippen molar-refractivity contribution in [3.05, 3.63) is 33.2 Å². The molecule has 1 aliphatic rings. The molecule has 0 N–H and O–H groups in total. The number of carbonyl (C=O) groups excluding carboxylic acids is 1. The molecule has 0 saturated carbocycles. The zero-order chi connectivity index (χ0) is 14.5. The predicted molar refractivity (Wildman–Crippen MR) is 81.4 cm³/mol. The van der Waals surface area contributed by atoms with Crippen LogP contribution in [0.15, 0.2) is 10.9 Å². The number of pyridine rings is 1. The zero-order valence-corrected chi connectivity index (χ0v) is 12.8. The van der Waals surface area contributed by atoms with Gasteiger partial charge >= 0.3 is 0 Å². The third kappa shape index (κ3) is 3.51. The highest BCUT2D eigenvalue weighted by Gasteiger charge is 2.18. The summed E-state index contributed by atoms with van der Waals surface area (Å²) in [7, 11) is 0. The second-order valence-corrected chi connectivity index (χ2v) is 5.94. The number of rotatable bonds is 7. The monoisotopic (exact) mass is 295 g/mol. The Kier molecular flexibility index (Phi) is 5.41. The first kappa shape index (κ1) is 15.3. The van der Waals surface area contributed by atoms with E-state index >= 15 is 0 Å². The summed E-state index contributed by atoms with van der Waals surface area (Å²) in [5, 5.41) is -0.373. The van der Waals surface area contributed by atoms with E-state index in [4.69, 9.17) is 11.6 Å². The summed E-state index contributed by atoms with van der Waals surface area (Å²) in [4.78, 5) is 23.5. The first-order chi connectivity index (χ1) is 9.63. The Morgan fingerprint density at radius 2 is 2.15 bits per heavy atom. The number of aromatic nitrogens is 1. The van der Waals surface area contributed by atoms with Gasteiger partial charge in [-0.1, -0.05) is 19.8 Å². The van der Waals surface area contributed by atoms with Gasteiger partial charge in [0.2, 0.25) is 5.24 Å². The van der Waals surface area contributed by atoms with E-state index in [1.54, 1.807) is 0 Å². The molecule has 1 aromatic rings. The fraction of sp³-hybridized carbons (Fsp3) is 0.625. The van der Waals surface area contributed by atoms with Crippen molar-refractivity contribution < 1.29 is 4.79 Å². The van der Waals surface area contributed by atoms with Gasteiger partial charge in [0.05, 0.1) is 0 Å². The van der Waals surface area contributed by atoms with Crippen LogP contribution in [0.3, 0.4) is 0 Å². The Labute approximate surface area is 124 Å². The molecular weight excluding hydrogens is 274 g/mol. The molecule has 0 unspecified atom stereocenters. The first-order valence-electron chi connectivity index (χ1n) is 7.56. The number of fused-ring (bicyclic) bond motifs is 1. The maximum atomic E-state index is 12.5. The minimum atomic E-state index is -0.373. The molecule has 0 aliphatic heterocycles. The molecule has 0 atom stereocenters.